The van der Waals surface area contributed by atoms with Gasteiger partial charge in [-0.25, -0.2) is 8.42 Å². The lowest BCUT2D eigenvalue weighted by molar-refractivity contribution is 0.159. The Morgan fingerprint density at radius 2 is 1.94 bits per heavy atom. The second kappa shape index (κ2) is 3.35. The molecule has 2 rings (SSSR count). The van der Waals surface area contributed by atoms with Gasteiger partial charge in [-0.15, -0.1) is 0 Å². The van der Waals surface area contributed by atoms with Crippen molar-refractivity contribution in [1.29, 1.82) is 0 Å². The minimum Gasteiger partial charge on any atom is -0.483 e. The van der Waals surface area contributed by atoms with Crippen LogP contribution in [0.2, 0.25) is 0 Å². The van der Waals surface area contributed by atoms with Gasteiger partial charge in [0.05, 0.1) is 4.90 Å². The maximum absolute atomic E-state index is 11.4. The molecule has 1 aromatic rings. The molecule has 0 aliphatic carbocycles. The molecule has 0 aromatic heterocycles. The number of rotatable bonds is 1. The van der Waals surface area contributed by atoms with Gasteiger partial charge in [-0.1, -0.05) is 6.08 Å². The summed E-state index contributed by atoms with van der Waals surface area (Å²) in [5.41, 5.74) is 0.474. The van der Waals surface area contributed by atoms with Crippen molar-refractivity contribution in [2.75, 3.05) is 6.26 Å². The molecule has 86 valence electrons. The van der Waals surface area contributed by atoms with Gasteiger partial charge in [-0.3, -0.25) is 0 Å². The second-order valence-corrected chi connectivity index (χ2v) is 6.53. The zero-order valence-corrected chi connectivity index (χ0v) is 10.3. The summed E-state index contributed by atoms with van der Waals surface area (Å²) in [6.45, 7) is 3.91. The van der Waals surface area contributed by atoms with E-state index in [0.717, 1.165) is 11.3 Å². The van der Waals surface area contributed by atoms with Crippen molar-refractivity contribution in [1.82, 2.24) is 0 Å². The summed E-state index contributed by atoms with van der Waals surface area (Å²) >= 11 is 0. The number of sulfone groups is 1. The Bertz CT molecular complexity index is 554. The number of fused-ring (bicyclic) bond motifs is 1. The van der Waals surface area contributed by atoms with Gasteiger partial charge in [0.1, 0.15) is 11.4 Å². The molecule has 0 fully saturated rings. The van der Waals surface area contributed by atoms with Crippen LogP contribution in [-0.4, -0.2) is 20.3 Å². The van der Waals surface area contributed by atoms with Gasteiger partial charge >= 0.3 is 0 Å². The highest BCUT2D eigenvalue weighted by Gasteiger charge is 2.22. The van der Waals surface area contributed by atoms with E-state index in [0.29, 0.717) is 4.90 Å². The van der Waals surface area contributed by atoms with Gasteiger partial charge in [0, 0.05) is 11.8 Å². The Morgan fingerprint density at radius 3 is 2.56 bits per heavy atom. The van der Waals surface area contributed by atoms with Crippen molar-refractivity contribution in [3.05, 3.63) is 29.8 Å². The van der Waals surface area contributed by atoms with E-state index in [1.807, 2.05) is 26.0 Å². The van der Waals surface area contributed by atoms with E-state index < -0.39 is 9.84 Å². The largest absolute Gasteiger partial charge is 0.483 e. The van der Waals surface area contributed by atoms with Crippen molar-refractivity contribution in [2.45, 2.75) is 24.3 Å². The molecule has 1 aliphatic rings. The van der Waals surface area contributed by atoms with Crippen molar-refractivity contribution in [3.63, 3.8) is 0 Å². The normalized spacial score (nSPS) is 17.7. The van der Waals surface area contributed by atoms with Crippen LogP contribution in [0.25, 0.3) is 6.08 Å². The molecule has 1 heterocycles. The summed E-state index contributed by atoms with van der Waals surface area (Å²) in [4.78, 5) is 0.319. The fourth-order valence-corrected chi connectivity index (χ4v) is 2.24. The minimum atomic E-state index is -3.15. The van der Waals surface area contributed by atoms with Crippen molar-refractivity contribution in [3.8, 4) is 5.75 Å². The zero-order chi connectivity index (χ0) is 12.0. The predicted molar refractivity (Wildman–Crippen MR) is 63.3 cm³/mol. The molecule has 4 heteroatoms. The molecule has 0 unspecified atom stereocenters. The summed E-state index contributed by atoms with van der Waals surface area (Å²) in [5.74, 6) is 0.722. The molecule has 0 saturated carbocycles. The summed E-state index contributed by atoms with van der Waals surface area (Å²) < 4.78 is 28.5. The van der Waals surface area contributed by atoms with Crippen molar-refractivity contribution < 1.29 is 13.2 Å². The quantitative estimate of drug-likeness (QED) is 0.753. The maximum atomic E-state index is 11.4. The molecule has 0 atom stereocenters. The molecule has 1 aromatic carbocycles. The van der Waals surface area contributed by atoms with E-state index in [-0.39, 0.29) is 5.60 Å². The van der Waals surface area contributed by atoms with Crippen LogP contribution in [0.5, 0.6) is 5.75 Å². The molecule has 0 bridgehead atoms. The van der Waals surface area contributed by atoms with E-state index in [1.165, 1.54) is 6.26 Å². The summed E-state index contributed by atoms with van der Waals surface area (Å²) in [5, 5.41) is 0. The average molecular weight is 238 g/mol. The molecule has 0 amide bonds. The molecule has 0 radical (unpaired) electrons. The fraction of sp³-hybridized carbons (Fsp3) is 0.333. The van der Waals surface area contributed by atoms with Crippen molar-refractivity contribution >= 4 is 15.9 Å². The molecule has 0 spiro atoms. The molecule has 16 heavy (non-hydrogen) atoms. The zero-order valence-electron chi connectivity index (χ0n) is 9.52. The van der Waals surface area contributed by atoms with Crippen LogP contribution in [0.15, 0.2) is 29.2 Å². The topological polar surface area (TPSA) is 43.4 Å². The highest BCUT2D eigenvalue weighted by molar-refractivity contribution is 7.90. The summed E-state index contributed by atoms with van der Waals surface area (Å²) in [6, 6.07) is 4.91. The van der Waals surface area contributed by atoms with Gasteiger partial charge in [0.2, 0.25) is 0 Å². The van der Waals surface area contributed by atoms with Crippen molar-refractivity contribution in [2.24, 2.45) is 0 Å². The van der Waals surface area contributed by atoms with Gasteiger partial charge in [-0.05, 0) is 38.1 Å². The molecule has 0 saturated heterocycles. The van der Waals surface area contributed by atoms with E-state index >= 15 is 0 Å². The summed E-state index contributed by atoms with van der Waals surface area (Å²) in [7, 11) is -3.15. The highest BCUT2D eigenvalue weighted by atomic mass is 32.2. The highest BCUT2D eigenvalue weighted by Crippen LogP contribution is 2.32. The lowest BCUT2D eigenvalue weighted by Crippen LogP contribution is -2.27. The molecule has 0 N–H and O–H groups in total. The maximum Gasteiger partial charge on any atom is 0.175 e. The average Bonchev–Trinajstić information content (AvgIpc) is 2.14. The standard InChI is InChI=1S/C12H14O3S/c1-12(2)7-6-9-8-10(16(3,13)14)4-5-11(9)15-12/h4-8H,1-3H3. The number of benzene rings is 1. The van der Waals surface area contributed by atoms with Crippen LogP contribution >= 0.6 is 0 Å². The third-order valence-electron chi connectivity index (χ3n) is 2.45. The smallest absolute Gasteiger partial charge is 0.175 e. The van der Waals surface area contributed by atoms with E-state index in [9.17, 15) is 8.42 Å². The third-order valence-corrected chi connectivity index (χ3v) is 3.56. The van der Waals surface area contributed by atoms with Gasteiger partial charge in [0.15, 0.2) is 9.84 Å². The molecular weight excluding hydrogens is 224 g/mol. The van der Waals surface area contributed by atoms with Crippen LogP contribution in [-0.2, 0) is 9.84 Å². The Labute approximate surface area is 95.7 Å². The first kappa shape index (κ1) is 11.2. The first-order valence-electron chi connectivity index (χ1n) is 5.00. The van der Waals surface area contributed by atoms with Gasteiger partial charge in [0.25, 0.3) is 0 Å². The Kier molecular flexibility index (Phi) is 2.35. The third kappa shape index (κ3) is 2.11. The molecular formula is C12H14O3S. The minimum absolute atomic E-state index is 0.319. The molecule has 3 nitrogen and oxygen atoms in total. The lowest BCUT2D eigenvalue weighted by atomic mass is 10.0. The fourth-order valence-electron chi connectivity index (χ4n) is 1.59. The number of hydrogen-bond donors (Lipinski definition) is 0. The van der Waals surface area contributed by atoms with Gasteiger partial charge in [-0.2, -0.15) is 0 Å². The van der Waals surface area contributed by atoms with Crippen LogP contribution in [0.3, 0.4) is 0 Å². The van der Waals surface area contributed by atoms with Crippen LogP contribution < -0.4 is 4.74 Å². The van der Waals surface area contributed by atoms with E-state index in [4.69, 9.17) is 4.74 Å². The van der Waals surface area contributed by atoms with Gasteiger partial charge < -0.3 is 4.74 Å². The number of ether oxygens (including phenoxy) is 1. The first-order chi connectivity index (χ1) is 7.28. The molecule has 1 aliphatic heterocycles. The lowest BCUT2D eigenvalue weighted by Gasteiger charge is -2.27. The second-order valence-electron chi connectivity index (χ2n) is 4.51. The SMILES string of the molecule is CC1(C)C=Cc2cc(S(C)(=O)=O)ccc2O1. The van der Waals surface area contributed by atoms with E-state index in [1.54, 1.807) is 18.2 Å². The van der Waals surface area contributed by atoms with Crippen LogP contribution in [0.1, 0.15) is 19.4 Å². The van der Waals surface area contributed by atoms with Crippen LogP contribution in [0.4, 0.5) is 0 Å². The van der Waals surface area contributed by atoms with Crippen LogP contribution in [0, 0.1) is 0 Å². The summed E-state index contributed by atoms with van der Waals surface area (Å²) in [6.07, 6.45) is 5.01. The van der Waals surface area contributed by atoms with E-state index in [2.05, 4.69) is 0 Å². The Balaban J connectivity index is 2.51. The predicted octanol–water partition coefficient (Wildman–Crippen LogP) is 2.27. The Morgan fingerprint density at radius 1 is 1.25 bits per heavy atom. The monoisotopic (exact) mass is 238 g/mol. The number of hydrogen-bond acceptors (Lipinski definition) is 3. The first-order valence-corrected chi connectivity index (χ1v) is 6.89. The Hall–Kier alpha value is -1.29.